The minimum absolute atomic E-state index is 0.0384. The van der Waals surface area contributed by atoms with E-state index in [4.69, 9.17) is 11.6 Å². The van der Waals surface area contributed by atoms with Crippen LogP contribution in [-0.2, 0) is 17.1 Å². The molecule has 1 amide bonds. The monoisotopic (exact) mass is 385 g/mol. The van der Waals surface area contributed by atoms with Crippen LogP contribution in [0.15, 0.2) is 60.8 Å². The van der Waals surface area contributed by atoms with E-state index >= 15 is 0 Å². The van der Waals surface area contributed by atoms with Crippen molar-refractivity contribution in [3.05, 3.63) is 82.5 Å². The summed E-state index contributed by atoms with van der Waals surface area (Å²) in [4.78, 5) is 12.2. The zero-order valence-corrected chi connectivity index (χ0v) is 16.1. The molecule has 2 aromatic carbocycles. The van der Waals surface area contributed by atoms with Crippen LogP contribution >= 0.6 is 23.4 Å². The van der Waals surface area contributed by atoms with Crippen molar-refractivity contribution < 1.29 is 4.79 Å². The summed E-state index contributed by atoms with van der Waals surface area (Å²) in [6.07, 6.45) is 1.67. The van der Waals surface area contributed by atoms with Gasteiger partial charge in [-0.3, -0.25) is 4.79 Å². The Bertz CT molecular complexity index is 894. The smallest absolute Gasteiger partial charge is 0.235 e. The highest BCUT2D eigenvalue weighted by Crippen LogP contribution is 2.19. The van der Waals surface area contributed by atoms with Crippen molar-refractivity contribution in [2.75, 3.05) is 11.1 Å². The molecular formula is C20H20ClN3OS. The van der Waals surface area contributed by atoms with Crippen molar-refractivity contribution in [2.45, 2.75) is 19.2 Å². The van der Waals surface area contributed by atoms with Gasteiger partial charge in [0.15, 0.2) is 0 Å². The third-order valence-corrected chi connectivity index (χ3v) is 5.22. The molecule has 1 heterocycles. The molecule has 0 aliphatic carbocycles. The van der Waals surface area contributed by atoms with E-state index in [0.717, 1.165) is 11.3 Å². The highest BCUT2D eigenvalue weighted by molar-refractivity contribution is 7.99. The van der Waals surface area contributed by atoms with E-state index in [1.807, 2.05) is 30.3 Å². The number of anilines is 1. The lowest BCUT2D eigenvalue weighted by Gasteiger charge is -2.10. The number of aromatic nitrogens is 2. The molecule has 1 aromatic heterocycles. The number of nitrogens with one attached hydrogen (secondary N) is 1. The first-order valence-corrected chi connectivity index (χ1v) is 9.83. The number of hydrogen-bond donors (Lipinski definition) is 1. The Labute approximate surface area is 162 Å². The predicted molar refractivity (Wildman–Crippen MR) is 109 cm³/mol. The standard InChI is InChI=1S/C20H20ClN3OS/c1-15-5-4-6-16(11-15)13-26-14-20(25)23-19-9-10-22-24(19)12-17-7-2-3-8-18(17)21/h2-11H,12-14H2,1H3,(H,23,25). The lowest BCUT2D eigenvalue weighted by atomic mass is 10.2. The number of halogens is 1. The highest BCUT2D eigenvalue weighted by atomic mass is 35.5. The summed E-state index contributed by atoms with van der Waals surface area (Å²) >= 11 is 7.80. The van der Waals surface area contributed by atoms with Gasteiger partial charge >= 0.3 is 0 Å². The van der Waals surface area contributed by atoms with Gasteiger partial charge in [-0.25, -0.2) is 4.68 Å². The average molecular weight is 386 g/mol. The van der Waals surface area contributed by atoms with Gasteiger partial charge in [0.1, 0.15) is 5.82 Å². The van der Waals surface area contributed by atoms with Crippen molar-refractivity contribution in [3.63, 3.8) is 0 Å². The average Bonchev–Trinajstić information content (AvgIpc) is 3.04. The van der Waals surface area contributed by atoms with E-state index in [0.29, 0.717) is 23.1 Å². The van der Waals surface area contributed by atoms with E-state index in [1.165, 1.54) is 11.1 Å². The molecule has 0 atom stereocenters. The predicted octanol–water partition coefficient (Wildman–Crippen LogP) is 4.77. The van der Waals surface area contributed by atoms with Gasteiger partial charge in [0.25, 0.3) is 0 Å². The Morgan fingerprint density at radius 2 is 2.04 bits per heavy atom. The van der Waals surface area contributed by atoms with Crippen molar-refractivity contribution in [2.24, 2.45) is 0 Å². The van der Waals surface area contributed by atoms with Crippen LogP contribution in [0.1, 0.15) is 16.7 Å². The molecule has 3 aromatic rings. The summed E-state index contributed by atoms with van der Waals surface area (Å²) in [7, 11) is 0. The van der Waals surface area contributed by atoms with E-state index in [-0.39, 0.29) is 5.91 Å². The van der Waals surface area contributed by atoms with E-state index in [1.54, 1.807) is 28.7 Å². The van der Waals surface area contributed by atoms with Crippen molar-refractivity contribution in [1.82, 2.24) is 9.78 Å². The molecule has 26 heavy (non-hydrogen) atoms. The van der Waals surface area contributed by atoms with Crippen LogP contribution < -0.4 is 5.32 Å². The molecule has 0 aliphatic heterocycles. The maximum Gasteiger partial charge on any atom is 0.235 e. The number of rotatable bonds is 7. The summed E-state index contributed by atoms with van der Waals surface area (Å²) in [6.45, 7) is 2.58. The number of carbonyl (C=O) groups excluding carboxylic acids is 1. The highest BCUT2D eigenvalue weighted by Gasteiger charge is 2.09. The summed E-state index contributed by atoms with van der Waals surface area (Å²) in [6, 6.07) is 17.8. The maximum atomic E-state index is 12.2. The Balaban J connectivity index is 1.53. The van der Waals surface area contributed by atoms with Gasteiger partial charge in [0, 0.05) is 16.8 Å². The normalized spacial score (nSPS) is 10.7. The molecule has 6 heteroatoms. The van der Waals surface area contributed by atoms with Crippen LogP contribution in [0, 0.1) is 6.92 Å². The first kappa shape index (κ1) is 18.5. The largest absolute Gasteiger partial charge is 0.310 e. The Hall–Kier alpha value is -2.24. The number of benzene rings is 2. The number of carbonyl (C=O) groups is 1. The van der Waals surface area contributed by atoms with Crippen LogP contribution in [0.5, 0.6) is 0 Å². The molecule has 0 bridgehead atoms. The first-order valence-electron chi connectivity index (χ1n) is 8.30. The van der Waals surface area contributed by atoms with Gasteiger partial charge < -0.3 is 5.32 Å². The molecule has 0 radical (unpaired) electrons. The first-order chi connectivity index (χ1) is 12.6. The molecular weight excluding hydrogens is 366 g/mol. The number of nitrogens with zero attached hydrogens (tertiary/aromatic N) is 2. The Morgan fingerprint density at radius 3 is 2.85 bits per heavy atom. The van der Waals surface area contributed by atoms with Crippen LogP contribution in [-0.4, -0.2) is 21.4 Å². The lowest BCUT2D eigenvalue weighted by molar-refractivity contribution is -0.113. The fraction of sp³-hybridized carbons (Fsp3) is 0.200. The quantitative estimate of drug-likeness (QED) is 0.637. The second-order valence-corrected chi connectivity index (χ2v) is 7.39. The topological polar surface area (TPSA) is 46.9 Å². The van der Waals surface area contributed by atoms with Crippen LogP contribution in [0.25, 0.3) is 0 Å². The second kappa shape index (κ2) is 8.92. The zero-order valence-electron chi connectivity index (χ0n) is 14.5. The molecule has 1 N–H and O–H groups in total. The van der Waals surface area contributed by atoms with Gasteiger partial charge in [-0.05, 0) is 24.1 Å². The van der Waals surface area contributed by atoms with Crippen molar-refractivity contribution in [3.8, 4) is 0 Å². The van der Waals surface area contributed by atoms with Crippen molar-refractivity contribution in [1.29, 1.82) is 0 Å². The summed E-state index contributed by atoms with van der Waals surface area (Å²) in [5.74, 6) is 1.84. The Kier molecular flexibility index (Phi) is 6.36. The van der Waals surface area contributed by atoms with Crippen molar-refractivity contribution >= 4 is 35.1 Å². The van der Waals surface area contributed by atoms with E-state index in [2.05, 4.69) is 35.5 Å². The minimum atomic E-state index is -0.0384. The van der Waals surface area contributed by atoms with Gasteiger partial charge in [-0.15, -0.1) is 11.8 Å². The molecule has 3 rings (SSSR count). The zero-order chi connectivity index (χ0) is 18.4. The lowest BCUT2D eigenvalue weighted by Crippen LogP contribution is -2.18. The molecule has 0 saturated carbocycles. The second-order valence-electron chi connectivity index (χ2n) is 6.00. The van der Waals surface area contributed by atoms with Crippen LogP contribution in [0.4, 0.5) is 5.82 Å². The van der Waals surface area contributed by atoms with E-state index < -0.39 is 0 Å². The number of aryl methyl sites for hydroxylation is 1. The SMILES string of the molecule is Cc1cccc(CSCC(=O)Nc2ccnn2Cc2ccccc2Cl)c1. The number of hydrogen-bond acceptors (Lipinski definition) is 3. The Morgan fingerprint density at radius 1 is 1.19 bits per heavy atom. The summed E-state index contributed by atoms with van der Waals surface area (Å²) in [5.41, 5.74) is 3.42. The molecule has 134 valence electrons. The summed E-state index contributed by atoms with van der Waals surface area (Å²) in [5, 5.41) is 7.89. The van der Waals surface area contributed by atoms with Crippen LogP contribution in [0.2, 0.25) is 5.02 Å². The van der Waals surface area contributed by atoms with Gasteiger partial charge in [0.2, 0.25) is 5.91 Å². The summed E-state index contributed by atoms with van der Waals surface area (Å²) < 4.78 is 1.74. The molecule has 0 spiro atoms. The number of amides is 1. The third kappa shape index (κ3) is 5.13. The maximum absolute atomic E-state index is 12.2. The third-order valence-electron chi connectivity index (χ3n) is 3.85. The molecule has 4 nitrogen and oxygen atoms in total. The molecule has 0 fully saturated rings. The molecule has 0 aliphatic rings. The fourth-order valence-electron chi connectivity index (χ4n) is 2.60. The van der Waals surface area contributed by atoms with Gasteiger partial charge in [-0.1, -0.05) is 59.6 Å². The van der Waals surface area contributed by atoms with Crippen LogP contribution in [0.3, 0.4) is 0 Å². The van der Waals surface area contributed by atoms with E-state index in [9.17, 15) is 4.79 Å². The molecule has 0 unspecified atom stereocenters. The minimum Gasteiger partial charge on any atom is -0.310 e. The van der Waals surface area contributed by atoms with Gasteiger partial charge in [0.05, 0.1) is 18.5 Å². The van der Waals surface area contributed by atoms with Gasteiger partial charge in [-0.2, -0.15) is 5.10 Å². The molecule has 0 saturated heterocycles. The fourth-order valence-corrected chi connectivity index (χ4v) is 3.57. The number of thioether (sulfide) groups is 1.